The van der Waals surface area contributed by atoms with Gasteiger partial charge in [-0.1, -0.05) is 214 Å². The van der Waals surface area contributed by atoms with E-state index in [1.807, 2.05) is 60.7 Å². The van der Waals surface area contributed by atoms with Gasteiger partial charge in [-0.25, -0.2) is 0 Å². The smallest absolute Gasteiger partial charge is 0.263 e. The van der Waals surface area contributed by atoms with Crippen LogP contribution in [-0.4, -0.2) is 117 Å². The van der Waals surface area contributed by atoms with Crippen LogP contribution in [0.5, 0.6) is 0 Å². The van der Waals surface area contributed by atoms with E-state index in [1.54, 1.807) is 60.7 Å². The van der Waals surface area contributed by atoms with Crippen LogP contribution in [-0.2, 0) is 48.2 Å². The SMILES string of the molecule is O=C1c2c(Cl)c(Cl)c(Cl)c(Cl)c2C(=O)N1[C@@H]1[C@@H](O)[C@H](O[C@@H]2O[C@H](COCc3ccccc3)[C@@H](O)[C@H](OCc3ccccc3)[C@H]2N2C(=O)c3c(Cl)c(Cl)c(Cl)c(Cl)c3C2=O)[C@@H](COCc2ccccc2)O[C@H]1Sc1ccccc1. The van der Waals surface area contributed by atoms with Crippen molar-refractivity contribution in [1.82, 2.24) is 9.80 Å². The molecule has 10 atom stereocenters. The van der Waals surface area contributed by atoms with Crippen molar-refractivity contribution in [3.8, 4) is 0 Å². The molecule has 2 saturated heterocycles. The molecule has 10 rings (SSSR count). The lowest BCUT2D eigenvalue weighted by atomic mass is 9.93. The molecule has 4 aliphatic heterocycles. The average Bonchev–Trinajstić information content (AvgIpc) is 4.00. The number of thioether (sulfide) groups is 1. The van der Waals surface area contributed by atoms with E-state index in [0.29, 0.717) is 10.5 Å². The van der Waals surface area contributed by atoms with Gasteiger partial charge in [0.25, 0.3) is 23.6 Å². The average molecular weight is 1240 g/mol. The zero-order valence-corrected chi connectivity index (χ0v) is 47.0. The number of aliphatic hydroxyl groups is 2. The first kappa shape index (κ1) is 57.2. The Morgan fingerprint density at radius 1 is 0.449 bits per heavy atom. The lowest BCUT2D eigenvalue weighted by Crippen LogP contribution is -2.70. The second-order valence-electron chi connectivity index (χ2n) is 18.3. The summed E-state index contributed by atoms with van der Waals surface area (Å²) in [5.74, 6) is -4.08. The molecule has 0 unspecified atom stereocenters. The highest BCUT2D eigenvalue weighted by Gasteiger charge is 2.60. The fraction of sp³-hybridized carbons (Fsp3) is 0.273. The lowest BCUT2D eigenvalue weighted by molar-refractivity contribution is -0.325. The molecule has 4 amide bonds. The summed E-state index contributed by atoms with van der Waals surface area (Å²) in [5, 5.41) is 23.1. The van der Waals surface area contributed by atoms with E-state index in [1.165, 1.54) is 0 Å². The predicted octanol–water partition coefficient (Wildman–Crippen LogP) is 11.9. The first-order valence-corrected chi connectivity index (χ1v) is 27.9. The largest absolute Gasteiger partial charge is 0.388 e. The molecule has 6 aromatic rings. The Balaban J connectivity index is 1.10. The summed E-state index contributed by atoms with van der Waals surface area (Å²) in [5.41, 5.74) is -0.628. The summed E-state index contributed by atoms with van der Waals surface area (Å²) < 4.78 is 39.6. The molecule has 0 bridgehead atoms. The normalized spacial score (nSPS) is 25.0. The number of aliphatic hydroxyl groups excluding tert-OH is 2. The number of carbonyl (C=O) groups is 4. The zero-order chi connectivity index (χ0) is 55.1. The first-order chi connectivity index (χ1) is 37.6. The summed E-state index contributed by atoms with van der Waals surface area (Å²) in [6.45, 7) is -0.694. The molecule has 0 saturated carbocycles. The molecule has 4 aliphatic rings. The Morgan fingerprint density at radius 3 is 1.27 bits per heavy atom. The van der Waals surface area contributed by atoms with Crippen LogP contribution in [0, 0.1) is 0 Å². The highest BCUT2D eigenvalue weighted by atomic mass is 35.5. The molecular weight excluding hydrogens is 1200 g/mol. The van der Waals surface area contributed by atoms with Gasteiger partial charge in [-0.05, 0) is 28.8 Å². The number of halogens is 8. The van der Waals surface area contributed by atoms with Gasteiger partial charge < -0.3 is 38.6 Å². The molecule has 0 spiro atoms. The molecule has 2 fully saturated rings. The summed E-state index contributed by atoms with van der Waals surface area (Å²) in [6.07, 6.45) is -11.5. The van der Waals surface area contributed by atoms with Crippen molar-refractivity contribution in [2.75, 3.05) is 13.2 Å². The monoisotopic (exact) mass is 1230 g/mol. The number of benzene rings is 6. The van der Waals surface area contributed by atoms with Crippen molar-refractivity contribution in [3.63, 3.8) is 0 Å². The number of hydrogen-bond acceptors (Lipinski definition) is 13. The minimum absolute atomic E-state index is 0.0486. The van der Waals surface area contributed by atoms with E-state index >= 15 is 9.59 Å². The number of amides is 4. The van der Waals surface area contributed by atoms with Gasteiger partial charge in [0.1, 0.15) is 54.1 Å². The molecule has 0 aromatic heterocycles. The van der Waals surface area contributed by atoms with Crippen LogP contribution in [0.15, 0.2) is 126 Å². The van der Waals surface area contributed by atoms with E-state index in [4.69, 9.17) is 121 Å². The highest BCUT2D eigenvalue weighted by Crippen LogP contribution is 2.50. The van der Waals surface area contributed by atoms with Crippen molar-refractivity contribution in [3.05, 3.63) is 200 Å². The molecule has 4 heterocycles. The van der Waals surface area contributed by atoms with E-state index < -0.39 is 95.2 Å². The third-order valence-electron chi connectivity index (χ3n) is 13.5. The Kier molecular flexibility index (Phi) is 18.0. The molecule has 406 valence electrons. The Morgan fingerprint density at radius 2 is 0.833 bits per heavy atom. The summed E-state index contributed by atoms with van der Waals surface area (Å²) >= 11 is 53.6. The van der Waals surface area contributed by atoms with Gasteiger partial charge in [-0.2, -0.15) is 0 Å². The number of carbonyl (C=O) groups excluding carboxylic acids is 4. The Bertz CT molecular complexity index is 3160. The molecule has 0 aliphatic carbocycles. The fourth-order valence-electron chi connectivity index (χ4n) is 9.76. The van der Waals surface area contributed by atoms with Crippen LogP contribution in [0.3, 0.4) is 0 Å². The first-order valence-electron chi connectivity index (χ1n) is 24.0. The van der Waals surface area contributed by atoms with Crippen molar-refractivity contribution in [2.24, 2.45) is 0 Å². The number of ether oxygens (including phenoxy) is 6. The van der Waals surface area contributed by atoms with Crippen molar-refractivity contribution in [1.29, 1.82) is 0 Å². The standard InChI is InChI=1S/C55H42Cl8N2O12S/c56-36-32-33(37(57)41(61)40(36)60)51(69)64(50(32)68)44-47(67)48(31(25-73-22-27-15-7-2-8-16-27)76-55(44)78-29-19-11-4-12-20-29)77-54-45(65-52(70)34-35(53(65)71)39(59)43(63)42(62)38(34)58)49(74-23-28-17-9-3-10-18-28)46(66)30(75-54)24-72-21-26-13-5-1-6-14-26/h1-20,30-31,44-49,54-55,66-67H,21-25H2/t30-,31-,44-,45-,46-,47-,48-,49-,54+,55+/m1/s1. The molecule has 2 N–H and O–H groups in total. The van der Waals surface area contributed by atoms with Crippen molar-refractivity contribution >= 4 is 128 Å². The van der Waals surface area contributed by atoms with Gasteiger partial charge >= 0.3 is 0 Å². The third kappa shape index (κ3) is 11.1. The van der Waals surface area contributed by atoms with Gasteiger partial charge in [0.05, 0.1) is 95.5 Å². The summed E-state index contributed by atoms with van der Waals surface area (Å²) in [7, 11) is 0. The maximum Gasteiger partial charge on any atom is 0.263 e. The van der Waals surface area contributed by atoms with Crippen LogP contribution < -0.4 is 0 Å². The number of rotatable bonds is 17. The minimum Gasteiger partial charge on any atom is -0.388 e. The Labute approximate surface area is 491 Å². The van der Waals surface area contributed by atoms with E-state index in [-0.39, 0.29) is 84.3 Å². The van der Waals surface area contributed by atoms with Crippen LogP contribution >= 0.6 is 105 Å². The number of fused-ring (bicyclic) bond motifs is 2. The second kappa shape index (κ2) is 24.6. The van der Waals surface area contributed by atoms with Gasteiger partial charge in [0, 0.05) is 4.90 Å². The quantitative estimate of drug-likeness (QED) is 0.0503. The Hall–Kier alpha value is -4.05. The van der Waals surface area contributed by atoms with Crippen LogP contribution in [0.25, 0.3) is 0 Å². The molecular formula is C55H42Cl8N2O12S. The highest BCUT2D eigenvalue weighted by molar-refractivity contribution is 7.99. The van der Waals surface area contributed by atoms with Crippen molar-refractivity contribution < 1.29 is 57.8 Å². The number of nitrogens with zero attached hydrogens (tertiary/aromatic N) is 2. The van der Waals surface area contributed by atoms with Crippen molar-refractivity contribution in [2.45, 2.75) is 85.1 Å². The van der Waals surface area contributed by atoms with Gasteiger partial charge in [0.15, 0.2) is 6.29 Å². The maximum absolute atomic E-state index is 15.0. The third-order valence-corrected chi connectivity index (χ3v) is 18.3. The molecule has 0 radical (unpaired) electrons. The topological polar surface area (TPSA) is 171 Å². The molecule has 23 heteroatoms. The molecule has 6 aromatic carbocycles. The predicted molar refractivity (Wildman–Crippen MR) is 295 cm³/mol. The summed E-state index contributed by atoms with van der Waals surface area (Å²) in [4.78, 5) is 61.8. The summed E-state index contributed by atoms with van der Waals surface area (Å²) in [6, 6.07) is 32.6. The van der Waals surface area contributed by atoms with E-state index in [0.717, 1.165) is 32.7 Å². The second-order valence-corrected chi connectivity index (χ2v) is 22.5. The van der Waals surface area contributed by atoms with Gasteiger partial charge in [-0.15, -0.1) is 0 Å². The number of imide groups is 2. The molecule has 78 heavy (non-hydrogen) atoms. The van der Waals surface area contributed by atoms with E-state index in [2.05, 4.69) is 0 Å². The minimum atomic E-state index is -1.95. The van der Waals surface area contributed by atoms with Crippen LogP contribution in [0.2, 0.25) is 40.2 Å². The van der Waals surface area contributed by atoms with Gasteiger partial charge in [0.2, 0.25) is 0 Å². The lowest BCUT2D eigenvalue weighted by Gasteiger charge is -2.51. The fourth-order valence-corrected chi connectivity index (χ4v) is 13.0. The van der Waals surface area contributed by atoms with Crippen LogP contribution in [0.1, 0.15) is 58.1 Å². The maximum atomic E-state index is 15.0. The van der Waals surface area contributed by atoms with Crippen LogP contribution in [0.4, 0.5) is 0 Å². The van der Waals surface area contributed by atoms with E-state index in [9.17, 15) is 19.8 Å². The zero-order valence-electron chi connectivity index (χ0n) is 40.2. The molecule has 14 nitrogen and oxygen atoms in total. The number of hydrogen-bond donors (Lipinski definition) is 2. The van der Waals surface area contributed by atoms with Gasteiger partial charge in [-0.3, -0.25) is 29.0 Å².